The molecule has 0 unspecified atom stereocenters. The van der Waals surface area contributed by atoms with Gasteiger partial charge in [0.2, 0.25) is 11.1 Å². The molecule has 30 heavy (non-hydrogen) atoms. The van der Waals surface area contributed by atoms with Gasteiger partial charge in [0.25, 0.3) is 5.69 Å². The first-order valence-corrected chi connectivity index (χ1v) is 9.66. The number of para-hydroxylation sites is 2. The van der Waals surface area contributed by atoms with Crippen LogP contribution in [0.25, 0.3) is 0 Å². The molecule has 2 aromatic carbocycles. The van der Waals surface area contributed by atoms with Crippen molar-refractivity contribution in [1.82, 2.24) is 14.9 Å². The molecule has 0 aliphatic carbocycles. The molecule has 0 aliphatic rings. The van der Waals surface area contributed by atoms with E-state index in [0.29, 0.717) is 22.5 Å². The fourth-order valence-corrected chi connectivity index (χ4v) is 3.18. The van der Waals surface area contributed by atoms with Crippen LogP contribution in [-0.2, 0) is 11.4 Å². The van der Waals surface area contributed by atoms with E-state index in [1.807, 2.05) is 0 Å². The number of carbonyl (C=O) groups is 1. The van der Waals surface area contributed by atoms with Crippen LogP contribution in [0.5, 0.6) is 5.75 Å². The number of halogens is 1. The zero-order valence-electron chi connectivity index (χ0n) is 15.5. The second kappa shape index (κ2) is 9.69. The number of nitrogens with zero attached hydrogens (tertiary/aromatic N) is 4. The summed E-state index contributed by atoms with van der Waals surface area (Å²) in [5.74, 6) is 6.34. The smallest absolute Gasteiger partial charge is 0.292 e. The van der Waals surface area contributed by atoms with Crippen molar-refractivity contribution in [1.29, 1.82) is 0 Å². The summed E-state index contributed by atoms with van der Waals surface area (Å²) in [6, 6.07) is 11.4. The van der Waals surface area contributed by atoms with Crippen molar-refractivity contribution in [3.8, 4) is 5.75 Å². The van der Waals surface area contributed by atoms with Gasteiger partial charge in [-0.1, -0.05) is 23.9 Å². The topological polar surface area (TPSA) is 138 Å². The third kappa shape index (κ3) is 5.44. The Kier molecular flexibility index (Phi) is 6.80. The Bertz CT molecular complexity index is 1040. The Morgan fingerprint density at radius 1 is 1.23 bits per heavy atom. The van der Waals surface area contributed by atoms with Gasteiger partial charge in [0.15, 0.2) is 5.82 Å². The van der Waals surface area contributed by atoms with Crippen LogP contribution in [-0.4, -0.2) is 31.5 Å². The van der Waals surface area contributed by atoms with Crippen molar-refractivity contribution < 1.29 is 18.8 Å². The molecule has 0 radical (unpaired) electrons. The molecule has 10 nitrogen and oxygen atoms in total. The lowest BCUT2D eigenvalue weighted by molar-refractivity contribution is -0.383. The molecular formula is C18H17FN6O4S. The summed E-state index contributed by atoms with van der Waals surface area (Å²) in [4.78, 5) is 22.5. The standard InChI is InChI=1S/C18H17FN6O4S/c19-12-5-7-13(8-6-12)29-11-16-22-23-18(24(16)20)30-10-9-17(26)21-14-3-1-2-4-15(14)25(27)28/h1-8H,9-11,20H2,(H,21,26). The minimum Gasteiger partial charge on any atom is -0.486 e. The van der Waals surface area contributed by atoms with Gasteiger partial charge in [-0.25, -0.2) is 9.07 Å². The minimum atomic E-state index is -0.559. The second-order valence-electron chi connectivity index (χ2n) is 5.93. The van der Waals surface area contributed by atoms with Crippen molar-refractivity contribution in [3.63, 3.8) is 0 Å². The van der Waals surface area contributed by atoms with E-state index in [0.717, 1.165) is 0 Å². The van der Waals surface area contributed by atoms with Gasteiger partial charge in [0.1, 0.15) is 23.9 Å². The van der Waals surface area contributed by atoms with E-state index in [-0.39, 0.29) is 36.1 Å². The highest BCUT2D eigenvalue weighted by Gasteiger charge is 2.16. The van der Waals surface area contributed by atoms with E-state index < -0.39 is 4.92 Å². The first kappa shape index (κ1) is 21.0. The van der Waals surface area contributed by atoms with Crippen molar-refractivity contribution in [2.45, 2.75) is 18.2 Å². The molecule has 1 heterocycles. The molecule has 0 spiro atoms. The molecule has 3 N–H and O–H groups in total. The van der Waals surface area contributed by atoms with Gasteiger partial charge in [-0.3, -0.25) is 14.9 Å². The highest BCUT2D eigenvalue weighted by molar-refractivity contribution is 7.99. The average molecular weight is 432 g/mol. The van der Waals surface area contributed by atoms with Crippen LogP contribution >= 0.6 is 11.8 Å². The molecule has 3 rings (SSSR count). The van der Waals surface area contributed by atoms with Gasteiger partial charge in [-0.2, -0.15) is 0 Å². The van der Waals surface area contributed by atoms with Crippen LogP contribution in [0.15, 0.2) is 53.7 Å². The number of ether oxygens (including phenoxy) is 1. The van der Waals surface area contributed by atoms with Crippen molar-refractivity contribution in [2.75, 3.05) is 16.9 Å². The lowest BCUT2D eigenvalue weighted by atomic mass is 10.2. The number of nitrogens with two attached hydrogens (primary N) is 1. The maximum absolute atomic E-state index is 12.9. The fourth-order valence-electron chi connectivity index (χ4n) is 2.37. The van der Waals surface area contributed by atoms with E-state index in [4.69, 9.17) is 10.6 Å². The summed E-state index contributed by atoms with van der Waals surface area (Å²) < 4.78 is 19.6. The van der Waals surface area contributed by atoms with Gasteiger partial charge in [0.05, 0.1) is 4.92 Å². The summed E-state index contributed by atoms with van der Waals surface area (Å²) in [5.41, 5.74) is -0.0364. The van der Waals surface area contributed by atoms with E-state index in [2.05, 4.69) is 15.5 Å². The molecule has 0 bridgehead atoms. The Balaban J connectivity index is 1.49. The van der Waals surface area contributed by atoms with E-state index >= 15 is 0 Å². The molecule has 0 saturated heterocycles. The number of hydrogen-bond donors (Lipinski definition) is 2. The van der Waals surface area contributed by atoms with Crippen molar-refractivity contribution >= 4 is 29.0 Å². The van der Waals surface area contributed by atoms with Gasteiger partial charge in [-0.15, -0.1) is 10.2 Å². The number of carbonyl (C=O) groups excluding carboxylic acids is 1. The Morgan fingerprint density at radius 2 is 1.97 bits per heavy atom. The summed E-state index contributed by atoms with van der Waals surface area (Å²) in [6.07, 6.45) is 0.0883. The summed E-state index contributed by atoms with van der Waals surface area (Å²) in [6.45, 7) is 0.0356. The number of thioether (sulfide) groups is 1. The van der Waals surface area contributed by atoms with Crippen LogP contribution in [0.4, 0.5) is 15.8 Å². The van der Waals surface area contributed by atoms with Crippen molar-refractivity contribution in [2.24, 2.45) is 0 Å². The number of nitrogen functional groups attached to an aromatic ring is 1. The van der Waals surface area contributed by atoms with Gasteiger partial charge in [-0.05, 0) is 30.3 Å². The molecule has 1 amide bonds. The average Bonchev–Trinajstić information content (AvgIpc) is 3.07. The summed E-state index contributed by atoms with van der Waals surface area (Å²) in [7, 11) is 0. The van der Waals surface area contributed by atoms with E-state index in [9.17, 15) is 19.3 Å². The van der Waals surface area contributed by atoms with Crippen LogP contribution in [0, 0.1) is 15.9 Å². The third-order valence-corrected chi connectivity index (χ3v) is 4.80. The van der Waals surface area contributed by atoms with Crippen molar-refractivity contribution in [3.05, 3.63) is 70.3 Å². The molecule has 3 aromatic rings. The highest BCUT2D eigenvalue weighted by Crippen LogP contribution is 2.24. The van der Waals surface area contributed by atoms with Gasteiger partial charge < -0.3 is 15.9 Å². The lowest BCUT2D eigenvalue weighted by Gasteiger charge is -2.07. The molecule has 0 fully saturated rings. The Hall–Kier alpha value is -3.67. The number of anilines is 1. The molecule has 0 saturated carbocycles. The lowest BCUT2D eigenvalue weighted by Crippen LogP contribution is -2.16. The highest BCUT2D eigenvalue weighted by atomic mass is 32.2. The van der Waals surface area contributed by atoms with Crippen LogP contribution in [0.3, 0.4) is 0 Å². The molecule has 12 heteroatoms. The third-order valence-electron chi connectivity index (χ3n) is 3.85. The predicted octanol–water partition coefficient (Wildman–Crippen LogP) is 2.74. The van der Waals surface area contributed by atoms with Gasteiger partial charge in [0, 0.05) is 18.2 Å². The minimum absolute atomic E-state index is 0.0356. The summed E-state index contributed by atoms with van der Waals surface area (Å²) in [5, 5.41) is 21.8. The number of amides is 1. The maximum Gasteiger partial charge on any atom is 0.292 e. The van der Waals surface area contributed by atoms with Crippen LogP contribution < -0.4 is 15.9 Å². The van der Waals surface area contributed by atoms with Gasteiger partial charge >= 0.3 is 0 Å². The van der Waals surface area contributed by atoms with Crippen LogP contribution in [0.1, 0.15) is 12.2 Å². The first-order valence-electron chi connectivity index (χ1n) is 8.68. The predicted molar refractivity (Wildman–Crippen MR) is 108 cm³/mol. The Labute approximate surface area is 174 Å². The largest absolute Gasteiger partial charge is 0.486 e. The number of nitro groups is 1. The molecule has 156 valence electrons. The van der Waals surface area contributed by atoms with E-state index in [1.54, 1.807) is 6.07 Å². The number of rotatable bonds is 9. The van der Waals surface area contributed by atoms with E-state index in [1.165, 1.54) is 58.9 Å². The SMILES string of the molecule is Nn1c(COc2ccc(F)cc2)nnc1SCCC(=O)Nc1ccccc1[N+](=O)[O-]. The van der Waals surface area contributed by atoms with Crippen LogP contribution in [0.2, 0.25) is 0 Å². The Morgan fingerprint density at radius 3 is 2.70 bits per heavy atom. The zero-order chi connectivity index (χ0) is 21.5. The second-order valence-corrected chi connectivity index (χ2v) is 6.99. The molecular weight excluding hydrogens is 415 g/mol. The number of nitro benzene ring substituents is 1. The maximum atomic E-state index is 12.9. The number of nitrogens with one attached hydrogen (secondary N) is 1. The number of hydrogen-bond acceptors (Lipinski definition) is 8. The molecule has 1 aromatic heterocycles. The molecule has 0 aliphatic heterocycles. The normalized spacial score (nSPS) is 10.6. The summed E-state index contributed by atoms with van der Waals surface area (Å²) >= 11 is 1.21. The molecule has 0 atom stereocenters. The quantitative estimate of drug-likeness (QED) is 0.228. The number of benzene rings is 2. The monoisotopic (exact) mass is 432 g/mol. The fraction of sp³-hybridized carbons (Fsp3) is 0.167. The zero-order valence-corrected chi connectivity index (χ0v) is 16.3. The number of aromatic nitrogens is 3. The first-order chi connectivity index (χ1) is 14.4.